The van der Waals surface area contributed by atoms with Crippen LogP contribution in [-0.2, 0) is 28.6 Å². The number of ether oxygens (including phenoxy) is 3. The number of rotatable bonds is 40. The van der Waals surface area contributed by atoms with E-state index in [1.165, 1.54) is 32.1 Å². The van der Waals surface area contributed by atoms with E-state index in [-0.39, 0.29) is 38.0 Å². The Kier molecular flexibility index (Phi) is 43.6. The van der Waals surface area contributed by atoms with Crippen molar-refractivity contribution in [1.82, 2.24) is 0 Å². The van der Waals surface area contributed by atoms with Gasteiger partial charge in [0.25, 0.3) is 0 Å². The molecule has 59 heavy (non-hydrogen) atoms. The predicted molar refractivity (Wildman–Crippen MR) is 251 cm³/mol. The number of allylic oxidation sites excluding steroid dienone is 17. The summed E-state index contributed by atoms with van der Waals surface area (Å²) in [5.41, 5.74) is 0. The highest BCUT2D eigenvalue weighted by molar-refractivity contribution is 5.72. The van der Waals surface area contributed by atoms with Crippen molar-refractivity contribution in [1.29, 1.82) is 0 Å². The molecule has 0 aromatic rings. The van der Waals surface area contributed by atoms with Crippen molar-refractivity contribution in [3.63, 3.8) is 0 Å². The zero-order chi connectivity index (χ0) is 43.0. The van der Waals surface area contributed by atoms with Gasteiger partial charge in [-0.05, 0) is 89.9 Å². The number of hydrogen-bond acceptors (Lipinski definition) is 6. The molecule has 1 unspecified atom stereocenters. The van der Waals surface area contributed by atoms with Crippen molar-refractivity contribution >= 4 is 17.9 Å². The smallest absolute Gasteiger partial charge is 0.309 e. The summed E-state index contributed by atoms with van der Waals surface area (Å²) >= 11 is 0. The minimum Gasteiger partial charge on any atom is -0.462 e. The van der Waals surface area contributed by atoms with E-state index in [0.29, 0.717) is 6.42 Å². The molecule has 6 nitrogen and oxygen atoms in total. The van der Waals surface area contributed by atoms with E-state index in [0.717, 1.165) is 116 Å². The van der Waals surface area contributed by atoms with Crippen molar-refractivity contribution < 1.29 is 28.6 Å². The summed E-state index contributed by atoms with van der Waals surface area (Å²) in [4.78, 5) is 37.7. The fourth-order valence-electron chi connectivity index (χ4n) is 5.87. The van der Waals surface area contributed by atoms with Crippen LogP contribution in [0.15, 0.2) is 109 Å². The van der Waals surface area contributed by atoms with Gasteiger partial charge in [0.1, 0.15) is 13.2 Å². The molecule has 6 heteroatoms. The summed E-state index contributed by atoms with van der Waals surface area (Å²) in [6.07, 6.45) is 62.5. The average Bonchev–Trinajstić information content (AvgIpc) is 3.23. The highest BCUT2D eigenvalue weighted by Crippen LogP contribution is 2.11. The normalized spacial score (nSPS) is 13.1. The zero-order valence-electron chi connectivity index (χ0n) is 37.7. The summed E-state index contributed by atoms with van der Waals surface area (Å²) in [6, 6.07) is 0. The van der Waals surface area contributed by atoms with Crippen LogP contribution in [0.2, 0.25) is 0 Å². The Morgan fingerprint density at radius 1 is 0.390 bits per heavy atom. The quantitative estimate of drug-likeness (QED) is 0.0201. The molecule has 0 rings (SSSR count). The molecule has 0 saturated heterocycles. The molecule has 0 fully saturated rings. The zero-order valence-corrected chi connectivity index (χ0v) is 37.7. The topological polar surface area (TPSA) is 78.9 Å². The molecule has 0 bridgehead atoms. The van der Waals surface area contributed by atoms with Gasteiger partial charge in [-0.3, -0.25) is 14.4 Å². The standard InChI is InChI=1S/C53H84O6/c1-4-7-10-13-16-19-21-23-25-26-27-28-30-31-34-37-40-43-46-52(55)58-49-50(48-57-51(54)45-42-39-36-33-18-15-12-9-6-3)59-53(56)47-44-41-38-35-32-29-24-22-20-17-14-11-8-5-2/h8-9,11-12,17-18,20-21,23-29,33,39,42,50H,4-7,10,13-16,19,22,30-32,34-38,40-41,43-49H2,1-3H3/b11-8-,12-9-,20-17-,23-21-,26-25-,28-27-,29-24-,33-18-,42-39-. The van der Waals surface area contributed by atoms with Gasteiger partial charge in [-0.2, -0.15) is 0 Å². The van der Waals surface area contributed by atoms with Crippen molar-refractivity contribution in [2.24, 2.45) is 0 Å². The highest BCUT2D eigenvalue weighted by Gasteiger charge is 2.19. The van der Waals surface area contributed by atoms with Crippen LogP contribution in [-0.4, -0.2) is 37.2 Å². The number of esters is 3. The minimum absolute atomic E-state index is 0.122. The number of carbonyl (C=O) groups excluding carboxylic acids is 3. The van der Waals surface area contributed by atoms with Crippen LogP contribution in [0.4, 0.5) is 0 Å². The van der Waals surface area contributed by atoms with Crippen molar-refractivity contribution in [2.45, 2.75) is 194 Å². The maximum Gasteiger partial charge on any atom is 0.309 e. The molecular weight excluding hydrogens is 733 g/mol. The Morgan fingerprint density at radius 2 is 0.797 bits per heavy atom. The molecular formula is C53H84O6. The van der Waals surface area contributed by atoms with Crippen LogP contribution in [0, 0.1) is 0 Å². The van der Waals surface area contributed by atoms with Crippen LogP contribution in [0.5, 0.6) is 0 Å². The lowest BCUT2D eigenvalue weighted by atomic mass is 10.1. The van der Waals surface area contributed by atoms with E-state index in [1.54, 1.807) is 6.08 Å². The molecule has 332 valence electrons. The van der Waals surface area contributed by atoms with Gasteiger partial charge in [0.05, 0.1) is 6.42 Å². The third-order valence-corrected chi connectivity index (χ3v) is 9.34. The largest absolute Gasteiger partial charge is 0.462 e. The van der Waals surface area contributed by atoms with Crippen molar-refractivity contribution in [3.8, 4) is 0 Å². The van der Waals surface area contributed by atoms with Crippen molar-refractivity contribution in [3.05, 3.63) is 109 Å². The van der Waals surface area contributed by atoms with Crippen LogP contribution >= 0.6 is 0 Å². The first-order valence-electron chi connectivity index (χ1n) is 23.4. The lowest BCUT2D eigenvalue weighted by Gasteiger charge is -2.18. The number of carbonyl (C=O) groups is 3. The summed E-state index contributed by atoms with van der Waals surface area (Å²) in [7, 11) is 0. The summed E-state index contributed by atoms with van der Waals surface area (Å²) < 4.78 is 16.6. The van der Waals surface area contributed by atoms with Gasteiger partial charge < -0.3 is 14.2 Å². The molecule has 0 spiro atoms. The second-order valence-electron chi connectivity index (χ2n) is 15.0. The van der Waals surface area contributed by atoms with Gasteiger partial charge >= 0.3 is 17.9 Å². The Hall–Kier alpha value is -3.93. The van der Waals surface area contributed by atoms with E-state index < -0.39 is 12.1 Å². The van der Waals surface area contributed by atoms with Gasteiger partial charge in [0, 0.05) is 12.8 Å². The first-order chi connectivity index (χ1) is 29.0. The Labute approximate surface area is 361 Å². The molecule has 0 aliphatic heterocycles. The summed E-state index contributed by atoms with van der Waals surface area (Å²) in [5.74, 6) is -1.11. The third-order valence-electron chi connectivity index (χ3n) is 9.34. The lowest BCUT2D eigenvalue weighted by Crippen LogP contribution is -2.30. The molecule has 0 N–H and O–H groups in total. The molecule has 0 aromatic carbocycles. The maximum absolute atomic E-state index is 12.7. The fourth-order valence-corrected chi connectivity index (χ4v) is 5.87. The van der Waals surface area contributed by atoms with Gasteiger partial charge in [-0.15, -0.1) is 0 Å². The van der Waals surface area contributed by atoms with Gasteiger partial charge in [-0.25, -0.2) is 0 Å². The Morgan fingerprint density at radius 3 is 1.32 bits per heavy atom. The first kappa shape index (κ1) is 55.1. The Balaban J connectivity index is 4.49. The predicted octanol–water partition coefficient (Wildman–Crippen LogP) is 15.2. The Bertz CT molecular complexity index is 1260. The van der Waals surface area contributed by atoms with Crippen LogP contribution in [0.3, 0.4) is 0 Å². The van der Waals surface area contributed by atoms with Gasteiger partial charge in [0.2, 0.25) is 0 Å². The molecule has 0 heterocycles. The summed E-state index contributed by atoms with van der Waals surface area (Å²) in [5, 5.41) is 0. The second kappa shape index (κ2) is 46.8. The molecule has 0 aliphatic carbocycles. The minimum atomic E-state index is -0.834. The highest BCUT2D eigenvalue weighted by atomic mass is 16.6. The second-order valence-corrected chi connectivity index (χ2v) is 15.0. The lowest BCUT2D eigenvalue weighted by molar-refractivity contribution is -0.166. The third kappa shape index (κ3) is 45.0. The molecule has 0 saturated carbocycles. The van der Waals surface area contributed by atoms with E-state index >= 15 is 0 Å². The van der Waals surface area contributed by atoms with Crippen molar-refractivity contribution in [2.75, 3.05) is 13.2 Å². The molecule has 0 aliphatic rings. The van der Waals surface area contributed by atoms with Crippen LogP contribution in [0.1, 0.15) is 188 Å². The molecule has 0 radical (unpaired) electrons. The number of hydrogen-bond donors (Lipinski definition) is 0. The van der Waals surface area contributed by atoms with E-state index in [1.807, 2.05) is 6.08 Å². The van der Waals surface area contributed by atoms with E-state index in [9.17, 15) is 14.4 Å². The van der Waals surface area contributed by atoms with Gasteiger partial charge in [0.15, 0.2) is 6.10 Å². The number of unbranched alkanes of at least 4 members (excludes halogenated alkanes) is 14. The monoisotopic (exact) mass is 817 g/mol. The molecule has 0 amide bonds. The average molecular weight is 817 g/mol. The van der Waals surface area contributed by atoms with Crippen LogP contribution < -0.4 is 0 Å². The molecule has 0 aromatic heterocycles. The first-order valence-corrected chi connectivity index (χ1v) is 23.4. The van der Waals surface area contributed by atoms with E-state index in [2.05, 4.69) is 118 Å². The summed E-state index contributed by atoms with van der Waals surface area (Å²) in [6.45, 7) is 6.23. The maximum atomic E-state index is 12.7. The fraction of sp³-hybridized carbons (Fsp3) is 0.604. The van der Waals surface area contributed by atoms with E-state index in [4.69, 9.17) is 14.2 Å². The SMILES string of the molecule is CC/C=C\C/C=C\C/C=C\CCCCCCC(=O)OC(COC(=O)C/C=C\C/C=C\C/C=C\CC)COC(=O)CCCCCCC\C=C/C=C\C=C/CCCCCCC. The van der Waals surface area contributed by atoms with Gasteiger partial charge in [-0.1, -0.05) is 188 Å². The van der Waals surface area contributed by atoms with Crippen LogP contribution in [0.25, 0.3) is 0 Å². The molecule has 1 atom stereocenters.